The minimum Gasteiger partial charge on any atom is -0.497 e. The van der Waals surface area contributed by atoms with Gasteiger partial charge in [-0.05, 0) is 54.8 Å². The third-order valence-electron chi connectivity index (χ3n) is 4.78. The maximum Gasteiger partial charge on any atom is 0.243 e. The molecule has 0 bridgehead atoms. The van der Waals surface area contributed by atoms with Gasteiger partial charge >= 0.3 is 0 Å². The maximum absolute atomic E-state index is 13.3. The Kier molecular flexibility index (Phi) is 5.74. The van der Waals surface area contributed by atoms with E-state index < -0.39 is 10.0 Å². The minimum atomic E-state index is -3.63. The number of nitrogens with zero attached hydrogens (tertiary/aromatic N) is 1. The van der Waals surface area contributed by atoms with E-state index in [0.29, 0.717) is 34.9 Å². The first-order valence-electron chi connectivity index (χ1n) is 8.77. The first-order valence-corrected chi connectivity index (χ1v) is 10.2. The lowest BCUT2D eigenvalue weighted by atomic mass is 10.1. The molecule has 0 saturated carbocycles. The molecule has 27 heavy (non-hydrogen) atoms. The van der Waals surface area contributed by atoms with Crippen LogP contribution in [0.4, 0.5) is 0 Å². The van der Waals surface area contributed by atoms with Gasteiger partial charge in [-0.25, -0.2) is 8.42 Å². The van der Waals surface area contributed by atoms with Crippen LogP contribution in [0.5, 0.6) is 11.5 Å². The molecule has 146 valence electrons. The van der Waals surface area contributed by atoms with Crippen LogP contribution in [-0.4, -0.2) is 46.6 Å². The fraction of sp³-hybridized carbons (Fsp3) is 0.400. The molecule has 0 aliphatic carbocycles. The molecule has 1 fully saturated rings. The van der Waals surface area contributed by atoms with Gasteiger partial charge < -0.3 is 14.2 Å². The molecule has 1 aliphatic rings. The summed E-state index contributed by atoms with van der Waals surface area (Å²) >= 11 is 0. The Morgan fingerprint density at radius 2 is 1.59 bits per heavy atom. The zero-order valence-electron chi connectivity index (χ0n) is 16.1. The fourth-order valence-electron chi connectivity index (χ4n) is 3.43. The highest BCUT2D eigenvalue weighted by Crippen LogP contribution is 2.32. The summed E-state index contributed by atoms with van der Waals surface area (Å²) in [4.78, 5) is 0.346. The van der Waals surface area contributed by atoms with Gasteiger partial charge in [0, 0.05) is 13.1 Å². The number of ether oxygens (including phenoxy) is 3. The Labute approximate surface area is 160 Å². The van der Waals surface area contributed by atoms with Gasteiger partial charge in [-0.1, -0.05) is 12.1 Å². The van der Waals surface area contributed by atoms with Crippen molar-refractivity contribution in [3.05, 3.63) is 53.1 Å². The summed E-state index contributed by atoms with van der Waals surface area (Å²) in [6.45, 7) is 4.55. The van der Waals surface area contributed by atoms with Crippen molar-refractivity contribution in [1.29, 1.82) is 0 Å². The second-order valence-electron chi connectivity index (χ2n) is 6.59. The molecule has 7 heteroatoms. The van der Waals surface area contributed by atoms with Crippen LogP contribution in [0.15, 0.2) is 41.3 Å². The predicted molar refractivity (Wildman–Crippen MR) is 103 cm³/mol. The summed E-state index contributed by atoms with van der Waals surface area (Å²) in [5, 5.41) is 0. The Morgan fingerprint density at radius 1 is 1.00 bits per heavy atom. The van der Waals surface area contributed by atoms with Crippen LogP contribution in [0, 0.1) is 13.8 Å². The zero-order valence-corrected chi connectivity index (χ0v) is 16.9. The number of hydrogen-bond acceptors (Lipinski definition) is 5. The lowest BCUT2D eigenvalue weighted by Gasteiger charge is -2.33. The SMILES string of the molecule is COc1ccc(C2CN(S(=O)(=O)c3c(C)cc(OC)cc3C)CCO2)cc1. The largest absolute Gasteiger partial charge is 0.497 e. The Hall–Kier alpha value is -2.09. The quantitative estimate of drug-likeness (QED) is 0.784. The molecule has 0 spiro atoms. The highest BCUT2D eigenvalue weighted by atomic mass is 32.2. The van der Waals surface area contributed by atoms with Gasteiger partial charge in [-0.3, -0.25) is 0 Å². The van der Waals surface area contributed by atoms with Crippen molar-refractivity contribution in [2.75, 3.05) is 33.9 Å². The molecular formula is C20H25NO5S. The molecule has 1 aliphatic heterocycles. The molecule has 6 nitrogen and oxygen atoms in total. The third kappa shape index (κ3) is 3.95. The number of sulfonamides is 1. The summed E-state index contributed by atoms with van der Waals surface area (Å²) in [5.74, 6) is 1.41. The van der Waals surface area contributed by atoms with Crippen molar-refractivity contribution in [2.45, 2.75) is 24.8 Å². The van der Waals surface area contributed by atoms with Crippen molar-refractivity contribution >= 4 is 10.0 Å². The summed E-state index contributed by atoms with van der Waals surface area (Å²) in [5.41, 5.74) is 2.29. The number of benzene rings is 2. The average molecular weight is 391 g/mol. The van der Waals surface area contributed by atoms with E-state index in [9.17, 15) is 8.42 Å². The molecule has 1 heterocycles. The summed E-state index contributed by atoms with van der Waals surface area (Å²) < 4.78 is 44.4. The van der Waals surface area contributed by atoms with E-state index >= 15 is 0 Å². The van der Waals surface area contributed by atoms with Crippen molar-refractivity contribution in [3.8, 4) is 11.5 Å². The van der Waals surface area contributed by atoms with E-state index in [4.69, 9.17) is 14.2 Å². The Morgan fingerprint density at radius 3 is 2.15 bits per heavy atom. The topological polar surface area (TPSA) is 65.1 Å². The molecule has 0 amide bonds. The molecular weight excluding hydrogens is 366 g/mol. The number of morpholine rings is 1. The van der Waals surface area contributed by atoms with E-state index in [1.165, 1.54) is 4.31 Å². The summed E-state index contributed by atoms with van der Waals surface area (Å²) in [6.07, 6.45) is -0.307. The maximum atomic E-state index is 13.3. The van der Waals surface area contributed by atoms with E-state index in [1.807, 2.05) is 24.3 Å². The molecule has 2 aromatic carbocycles. The van der Waals surface area contributed by atoms with Crippen molar-refractivity contribution in [1.82, 2.24) is 4.31 Å². The van der Waals surface area contributed by atoms with Gasteiger partial charge in [0.05, 0.1) is 31.8 Å². The standard InChI is InChI=1S/C20H25NO5S/c1-14-11-18(25-4)12-15(2)20(14)27(22,23)21-9-10-26-19(13-21)16-5-7-17(24-3)8-6-16/h5-8,11-12,19H,9-10,13H2,1-4H3. The zero-order chi connectivity index (χ0) is 19.6. The van der Waals surface area contributed by atoms with Crippen molar-refractivity contribution < 1.29 is 22.6 Å². The van der Waals surface area contributed by atoms with Gasteiger partial charge in [0.15, 0.2) is 0 Å². The predicted octanol–water partition coefficient (Wildman–Crippen LogP) is 3.08. The van der Waals surface area contributed by atoms with Gasteiger partial charge in [-0.15, -0.1) is 0 Å². The summed E-state index contributed by atoms with van der Waals surface area (Å²) in [6, 6.07) is 11.0. The molecule has 0 radical (unpaired) electrons. The van der Waals surface area contributed by atoms with E-state index in [2.05, 4.69) is 0 Å². The van der Waals surface area contributed by atoms with Gasteiger partial charge in [0.25, 0.3) is 0 Å². The van der Waals surface area contributed by atoms with Gasteiger partial charge in [0.2, 0.25) is 10.0 Å². The van der Waals surface area contributed by atoms with E-state index in [0.717, 1.165) is 11.3 Å². The fourth-order valence-corrected chi connectivity index (χ4v) is 5.26. The first-order chi connectivity index (χ1) is 12.9. The highest BCUT2D eigenvalue weighted by Gasteiger charge is 2.33. The van der Waals surface area contributed by atoms with E-state index in [1.54, 1.807) is 40.2 Å². The number of rotatable bonds is 5. The van der Waals surface area contributed by atoms with Gasteiger partial charge in [0.1, 0.15) is 11.5 Å². The molecule has 1 unspecified atom stereocenters. The molecule has 1 saturated heterocycles. The normalized spacial score (nSPS) is 18.3. The third-order valence-corrected chi connectivity index (χ3v) is 6.96. The average Bonchev–Trinajstić information content (AvgIpc) is 2.67. The smallest absolute Gasteiger partial charge is 0.243 e. The summed E-state index contributed by atoms with van der Waals surface area (Å²) in [7, 11) is -0.445. The lowest BCUT2D eigenvalue weighted by Crippen LogP contribution is -2.42. The number of hydrogen-bond donors (Lipinski definition) is 0. The van der Waals surface area contributed by atoms with E-state index in [-0.39, 0.29) is 12.6 Å². The Bertz CT molecular complexity index is 885. The molecule has 2 aromatic rings. The van der Waals surface area contributed by atoms with Gasteiger partial charge in [-0.2, -0.15) is 4.31 Å². The number of methoxy groups -OCH3 is 2. The van der Waals surface area contributed by atoms with Crippen LogP contribution in [0.2, 0.25) is 0 Å². The second kappa shape index (κ2) is 7.88. The lowest BCUT2D eigenvalue weighted by molar-refractivity contribution is -0.00259. The molecule has 3 rings (SSSR count). The Balaban J connectivity index is 1.88. The second-order valence-corrected chi connectivity index (χ2v) is 8.46. The minimum absolute atomic E-state index is 0.277. The molecule has 1 atom stereocenters. The van der Waals surface area contributed by atoms with Crippen LogP contribution in [0.1, 0.15) is 22.8 Å². The number of aryl methyl sites for hydroxylation is 2. The van der Waals surface area contributed by atoms with Crippen LogP contribution in [0.25, 0.3) is 0 Å². The highest BCUT2D eigenvalue weighted by molar-refractivity contribution is 7.89. The van der Waals surface area contributed by atoms with Crippen molar-refractivity contribution in [2.24, 2.45) is 0 Å². The van der Waals surface area contributed by atoms with Crippen molar-refractivity contribution in [3.63, 3.8) is 0 Å². The van der Waals surface area contributed by atoms with Crippen LogP contribution in [0.3, 0.4) is 0 Å². The van der Waals surface area contributed by atoms with Crippen LogP contribution < -0.4 is 9.47 Å². The molecule has 0 N–H and O–H groups in total. The van der Waals surface area contributed by atoms with Crippen LogP contribution in [-0.2, 0) is 14.8 Å². The van der Waals surface area contributed by atoms with Crippen LogP contribution >= 0.6 is 0 Å². The first kappa shape index (κ1) is 19.7. The molecule has 0 aromatic heterocycles. The monoisotopic (exact) mass is 391 g/mol.